The normalized spacial score (nSPS) is 10.1. The summed E-state index contributed by atoms with van der Waals surface area (Å²) in [5, 5.41) is 4.17. The van der Waals surface area contributed by atoms with Crippen LogP contribution in [0.2, 0.25) is 5.02 Å². The minimum absolute atomic E-state index is 0.285. The fourth-order valence-corrected chi connectivity index (χ4v) is 1.39. The Morgan fingerprint density at radius 2 is 2.29 bits per heavy atom. The van der Waals surface area contributed by atoms with Crippen molar-refractivity contribution in [1.29, 1.82) is 0 Å². The lowest BCUT2D eigenvalue weighted by Crippen LogP contribution is -1.83. The summed E-state index contributed by atoms with van der Waals surface area (Å²) < 4.78 is 4.71. The van der Waals surface area contributed by atoms with Gasteiger partial charge in [-0.25, -0.2) is 0 Å². The third-order valence-corrected chi connectivity index (χ3v) is 2.08. The first kappa shape index (κ1) is 8.97. The van der Waals surface area contributed by atoms with Crippen molar-refractivity contribution < 1.29 is 9.32 Å². The van der Waals surface area contributed by atoms with E-state index in [1.165, 1.54) is 6.26 Å². The summed E-state index contributed by atoms with van der Waals surface area (Å²) >= 11 is 5.82. The number of hydrogen-bond donors (Lipinski definition) is 0. The fourth-order valence-electron chi connectivity index (χ4n) is 1.20. The number of hydrogen-bond acceptors (Lipinski definition) is 3. The number of carbonyl (C=O) groups is 1. The molecule has 1 heterocycles. The van der Waals surface area contributed by atoms with Crippen LogP contribution in [0.4, 0.5) is 0 Å². The Labute approximate surface area is 85.3 Å². The highest BCUT2D eigenvalue weighted by molar-refractivity contribution is 6.30. The lowest BCUT2D eigenvalue weighted by molar-refractivity contribution is 0.111. The molecule has 14 heavy (non-hydrogen) atoms. The molecule has 0 spiro atoms. The van der Waals surface area contributed by atoms with Crippen molar-refractivity contribution in [3.8, 4) is 11.1 Å². The Morgan fingerprint density at radius 3 is 3.00 bits per heavy atom. The molecule has 2 rings (SSSR count). The average Bonchev–Trinajstić information content (AvgIpc) is 2.65. The van der Waals surface area contributed by atoms with Crippen LogP contribution in [0.5, 0.6) is 0 Å². The van der Waals surface area contributed by atoms with Crippen LogP contribution >= 0.6 is 11.6 Å². The van der Waals surface area contributed by atoms with Crippen LogP contribution in [-0.2, 0) is 0 Å². The third kappa shape index (κ3) is 1.54. The maximum atomic E-state index is 10.6. The molecule has 0 radical (unpaired) electrons. The molecule has 1 aromatic carbocycles. The fraction of sp³-hybridized carbons (Fsp3) is 0. The summed E-state index contributed by atoms with van der Waals surface area (Å²) in [4.78, 5) is 10.6. The van der Waals surface area contributed by atoms with Gasteiger partial charge < -0.3 is 4.52 Å². The Hall–Kier alpha value is -1.61. The summed E-state index contributed by atoms with van der Waals surface area (Å²) in [6, 6.07) is 7.16. The smallest absolute Gasteiger partial charge is 0.172 e. The molecular formula is C10H6ClNO2. The molecule has 0 aliphatic carbocycles. The Kier molecular flexibility index (Phi) is 2.33. The summed E-state index contributed by atoms with van der Waals surface area (Å²) in [5.74, 6) is 0. The minimum Gasteiger partial charge on any atom is -0.363 e. The van der Waals surface area contributed by atoms with Crippen LogP contribution < -0.4 is 0 Å². The van der Waals surface area contributed by atoms with Gasteiger partial charge in [-0.2, -0.15) is 0 Å². The monoisotopic (exact) mass is 207 g/mol. The van der Waals surface area contributed by atoms with Crippen LogP contribution in [0.1, 0.15) is 10.5 Å². The van der Waals surface area contributed by atoms with Crippen molar-refractivity contribution in [1.82, 2.24) is 5.16 Å². The Bertz CT molecular complexity index is 465. The third-order valence-electron chi connectivity index (χ3n) is 1.84. The molecule has 0 aliphatic heterocycles. The molecule has 0 unspecified atom stereocenters. The zero-order valence-electron chi connectivity index (χ0n) is 7.11. The zero-order valence-corrected chi connectivity index (χ0v) is 7.86. The van der Waals surface area contributed by atoms with Crippen molar-refractivity contribution in [3.63, 3.8) is 0 Å². The number of aldehydes is 1. The van der Waals surface area contributed by atoms with E-state index in [1.54, 1.807) is 18.2 Å². The quantitative estimate of drug-likeness (QED) is 0.712. The van der Waals surface area contributed by atoms with Crippen LogP contribution in [0, 0.1) is 0 Å². The molecule has 4 heteroatoms. The number of carbonyl (C=O) groups excluding carboxylic acids is 1. The Balaban J connectivity index is 2.54. The maximum Gasteiger partial charge on any atom is 0.172 e. The average molecular weight is 208 g/mol. The van der Waals surface area contributed by atoms with Crippen LogP contribution in [0.15, 0.2) is 35.1 Å². The SMILES string of the molecule is O=Cc1nocc1-c1cccc(Cl)c1. The lowest BCUT2D eigenvalue weighted by Gasteiger charge is -1.96. The number of halogens is 1. The summed E-state index contributed by atoms with van der Waals surface area (Å²) in [7, 11) is 0. The van der Waals surface area contributed by atoms with E-state index in [9.17, 15) is 4.79 Å². The van der Waals surface area contributed by atoms with Gasteiger partial charge in [0.2, 0.25) is 0 Å². The first-order chi connectivity index (χ1) is 6.81. The van der Waals surface area contributed by atoms with E-state index in [-0.39, 0.29) is 5.69 Å². The second-order valence-electron chi connectivity index (χ2n) is 2.74. The molecule has 0 saturated heterocycles. The van der Waals surface area contributed by atoms with Gasteiger partial charge in [0.1, 0.15) is 6.26 Å². The highest BCUT2D eigenvalue weighted by atomic mass is 35.5. The Morgan fingerprint density at radius 1 is 1.43 bits per heavy atom. The molecule has 0 bridgehead atoms. The topological polar surface area (TPSA) is 43.1 Å². The van der Waals surface area contributed by atoms with E-state index < -0.39 is 0 Å². The van der Waals surface area contributed by atoms with Crippen LogP contribution in [-0.4, -0.2) is 11.4 Å². The molecule has 3 nitrogen and oxygen atoms in total. The van der Waals surface area contributed by atoms with Crippen molar-refractivity contribution in [3.05, 3.63) is 41.2 Å². The first-order valence-electron chi connectivity index (χ1n) is 3.97. The number of nitrogens with zero attached hydrogens (tertiary/aromatic N) is 1. The van der Waals surface area contributed by atoms with Gasteiger partial charge in [0.05, 0.1) is 5.56 Å². The maximum absolute atomic E-state index is 10.6. The van der Waals surface area contributed by atoms with Gasteiger partial charge in [-0.05, 0) is 17.7 Å². The molecule has 0 aliphatic rings. The van der Waals surface area contributed by atoms with E-state index in [0.717, 1.165) is 5.56 Å². The van der Waals surface area contributed by atoms with Gasteiger partial charge in [-0.3, -0.25) is 4.79 Å². The standard InChI is InChI=1S/C10H6ClNO2/c11-8-3-1-2-7(4-8)9-6-14-12-10(9)5-13/h1-6H. The minimum atomic E-state index is 0.285. The first-order valence-corrected chi connectivity index (χ1v) is 4.34. The molecule has 2 aromatic rings. The summed E-state index contributed by atoms with van der Waals surface area (Å²) in [6.45, 7) is 0. The number of aromatic nitrogens is 1. The highest BCUT2D eigenvalue weighted by Crippen LogP contribution is 2.24. The van der Waals surface area contributed by atoms with Crippen molar-refractivity contribution in [2.45, 2.75) is 0 Å². The molecule has 0 fully saturated rings. The van der Waals surface area contributed by atoms with E-state index in [0.29, 0.717) is 16.9 Å². The van der Waals surface area contributed by atoms with Gasteiger partial charge in [0, 0.05) is 5.02 Å². The zero-order chi connectivity index (χ0) is 9.97. The van der Waals surface area contributed by atoms with E-state index in [2.05, 4.69) is 5.16 Å². The molecule has 70 valence electrons. The highest BCUT2D eigenvalue weighted by Gasteiger charge is 2.08. The summed E-state index contributed by atoms with van der Waals surface area (Å²) in [5.41, 5.74) is 1.76. The predicted octanol–water partition coefficient (Wildman–Crippen LogP) is 2.81. The molecule has 0 amide bonds. The van der Waals surface area contributed by atoms with Gasteiger partial charge in [0.15, 0.2) is 12.0 Å². The van der Waals surface area contributed by atoms with Gasteiger partial charge in [0.25, 0.3) is 0 Å². The van der Waals surface area contributed by atoms with Crippen molar-refractivity contribution in [2.24, 2.45) is 0 Å². The second-order valence-corrected chi connectivity index (χ2v) is 3.18. The molecule has 0 saturated carbocycles. The van der Waals surface area contributed by atoms with Gasteiger partial charge in [-0.1, -0.05) is 28.9 Å². The van der Waals surface area contributed by atoms with Crippen molar-refractivity contribution in [2.75, 3.05) is 0 Å². The predicted molar refractivity (Wildman–Crippen MR) is 52.3 cm³/mol. The molecular weight excluding hydrogens is 202 g/mol. The van der Waals surface area contributed by atoms with Gasteiger partial charge in [-0.15, -0.1) is 0 Å². The van der Waals surface area contributed by atoms with E-state index in [1.807, 2.05) is 6.07 Å². The molecule has 1 aromatic heterocycles. The van der Waals surface area contributed by atoms with Crippen LogP contribution in [0.25, 0.3) is 11.1 Å². The van der Waals surface area contributed by atoms with E-state index in [4.69, 9.17) is 16.1 Å². The van der Waals surface area contributed by atoms with Crippen molar-refractivity contribution >= 4 is 17.9 Å². The molecule has 0 N–H and O–H groups in total. The van der Waals surface area contributed by atoms with Gasteiger partial charge >= 0.3 is 0 Å². The van der Waals surface area contributed by atoms with Crippen LogP contribution in [0.3, 0.4) is 0 Å². The second kappa shape index (κ2) is 3.64. The summed E-state index contributed by atoms with van der Waals surface area (Å²) in [6.07, 6.45) is 2.08. The lowest BCUT2D eigenvalue weighted by atomic mass is 10.1. The van der Waals surface area contributed by atoms with E-state index >= 15 is 0 Å². The number of rotatable bonds is 2. The molecule has 0 atom stereocenters. The number of benzene rings is 1. The largest absolute Gasteiger partial charge is 0.363 e.